The van der Waals surface area contributed by atoms with Crippen molar-refractivity contribution in [1.29, 1.82) is 0 Å². The van der Waals surface area contributed by atoms with Gasteiger partial charge >= 0.3 is 0 Å². The SMILES string of the molecule is C1=CC2N=C(c3ccc(-c4cc5ccc6cc(-c7ccc8ccccc8c7)cc7ccc(c4)c5c67)cc3)N(c3ccccc3)C2C=C1. The number of nitrogens with zero attached hydrogens (tertiary/aromatic N) is 2. The smallest absolute Gasteiger partial charge is 0.136 e. The number of para-hydroxylation sites is 1. The van der Waals surface area contributed by atoms with E-state index in [-0.39, 0.29) is 12.1 Å². The third-order valence-electron chi connectivity index (χ3n) is 10.0. The van der Waals surface area contributed by atoms with Crippen LogP contribution in [0.3, 0.4) is 0 Å². The number of allylic oxidation sites excluding steroid dienone is 2. The highest BCUT2D eigenvalue weighted by Crippen LogP contribution is 2.40. The first-order chi connectivity index (χ1) is 23.3. The number of aliphatic imine (C=N–C) groups is 1. The van der Waals surface area contributed by atoms with Gasteiger partial charge in [0.1, 0.15) is 5.84 Å². The van der Waals surface area contributed by atoms with Crippen molar-refractivity contribution in [1.82, 2.24) is 0 Å². The van der Waals surface area contributed by atoms with Crippen molar-refractivity contribution in [3.05, 3.63) is 175 Å². The minimum absolute atomic E-state index is 0.124. The van der Waals surface area contributed by atoms with Gasteiger partial charge < -0.3 is 4.90 Å². The van der Waals surface area contributed by atoms with Gasteiger partial charge in [0.2, 0.25) is 0 Å². The van der Waals surface area contributed by atoms with Crippen LogP contribution < -0.4 is 4.90 Å². The zero-order chi connectivity index (χ0) is 30.9. The van der Waals surface area contributed by atoms with Crippen LogP contribution >= 0.6 is 0 Å². The maximum Gasteiger partial charge on any atom is 0.136 e. The van der Waals surface area contributed by atoms with Crippen LogP contribution in [-0.2, 0) is 0 Å². The van der Waals surface area contributed by atoms with Crippen LogP contribution in [0.15, 0.2) is 175 Å². The fraction of sp³-hybridized carbons (Fsp3) is 0.0444. The second-order valence-electron chi connectivity index (χ2n) is 12.8. The summed E-state index contributed by atoms with van der Waals surface area (Å²) in [6, 6.07) is 53.8. The highest BCUT2D eigenvalue weighted by molar-refractivity contribution is 6.24. The van der Waals surface area contributed by atoms with Crippen molar-refractivity contribution in [2.45, 2.75) is 12.1 Å². The number of benzene rings is 8. The largest absolute Gasteiger partial charge is 0.317 e. The molecule has 8 aromatic carbocycles. The Morgan fingerprint density at radius 2 is 0.915 bits per heavy atom. The second-order valence-corrected chi connectivity index (χ2v) is 12.8. The Morgan fingerprint density at radius 3 is 1.60 bits per heavy atom. The average molecular weight is 599 g/mol. The minimum atomic E-state index is 0.124. The van der Waals surface area contributed by atoms with E-state index in [4.69, 9.17) is 4.99 Å². The normalized spacial score (nSPS) is 17.3. The molecule has 220 valence electrons. The van der Waals surface area contributed by atoms with Gasteiger partial charge in [0.05, 0.1) is 12.1 Å². The van der Waals surface area contributed by atoms with E-state index in [9.17, 15) is 0 Å². The van der Waals surface area contributed by atoms with Crippen LogP contribution in [0.1, 0.15) is 5.56 Å². The van der Waals surface area contributed by atoms with Crippen LogP contribution in [0.25, 0.3) is 65.3 Å². The molecule has 0 aromatic heterocycles. The predicted octanol–water partition coefficient (Wildman–Crippen LogP) is 11.2. The van der Waals surface area contributed by atoms with Gasteiger partial charge in [-0.05, 0) is 108 Å². The van der Waals surface area contributed by atoms with Gasteiger partial charge in [0.15, 0.2) is 0 Å². The molecule has 0 radical (unpaired) electrons. The van der Waals surface area contributed by atoms with Crippen LogP contribution in [0.4, 0.5) is 5.69 Å². The van der Waals surface area contributed by atoms with E-state index in [2.05, 4.69) is 175 Å². The number of hydrogen-bond donors (Lipinski definition) is 0. The minimum Gasteiger partial charge on any atom is -0.317 e. The van der Waals surface area contributed by atoms with E-state index in [1.807, 2.05) is 0 Å². The molecular weight excluding hydrogens is 569 g/mol. The molecule has 2 aliphatic rings. The second kappa shape index (κ2) is 10.3. The van der Waals surface area contributed by atoms with E-state index < -0.39 is 0 Å². The summed E-state index contributed by atoms with van der Waals surface area (Å²) in [5.74, 6) is 1.02. The Morgan fingerprint density at radius 1 is 0.404 bits per heavy atom. The summed E-state index contributed by atoms with van der Waals surface area (Å²) >= 11 is 0. The van der Waals surface area contributed by atoms with Crippen molar-refractivity contribution in [2.75, 3.05) is 4.90 Å². The lowest BCUT2D eigenvalue weighted by molar-refractivity contribution is 0.739. The summed E-state index contributed by atoms with van der Waals surface area (Å²) in [5.41, 5.74) is 7.24. The molecule has 0 saturated carbocycles. The predicted molar refractivity (Wildman–Crippen MR) is 200 cm³/mol. The zero-order valence-electron chi connectivity index (χ0n) is 25.7. The molecule has 2 heteroatoms. The summed E-state index contributed by atoms with van der Waals surface area (Å²) in [6.45, 7) is 0. The first kappa shape index (κ1) is 26.2. The molecule has 0 amide bonds. The Labute approximate surface area is 273 Å². The lowest BCUT2D eigenvalue weighted by Gasteiger charge is -2.29. The Hall–Kier alpha value is -5.99. The topological polar surface area (TPSA) is 15.6 Å². The van der Waals surface area contributed by atoms with Crippen LogP contribution in [0.2, 0.25) is 0 Å². The standard InChI is InChI=1S/C45H30N2/c1-2-10-40(11-3-1)47-42-13-7-6-12-41(42)46-45(47)31-17-14-30(15-18-31)38-25-34-20-22-36-27-39(28-37-23-21-35(26-38)43(34)44(36)37)33-19-16-29-8-4-5-9-32(29)24-33/h1-28,41-42H. The maximum absolute atomic E-state index is 5.18. The molecule has 1 aliphatic carbocycles. The number of hydrogen-bond acceptors (Lipinski definition) is 2. The quantitative estimate of drug-likeness (QED) is 0.184. The molecular formula is C45H30N2. The van der Waals surface area contributed by atoms with Crippen LogP contribution in [0, 0.1) is 0 Å². The highest BCUT2D eigenvalue weighted by atomic mass is 15.3. The van der Waals surface area contributed by atoms with Crippen molar-refractivity contribution in [3.8, 4) is 22.3 Å². The molecule has 0 N–H and O–H groups in total. The van der Waals surface area contributed by atoms with Crippen molar-refractivity contribution in [3.63, 3.8) is 0 Å². The summed E-state index contributed by atoms with van der Waals surface area (Å²) < 4.78 is 0. The molecule has 8 aromatic rings. The average Bonchev–Trinajstić information content (AvgIpc) is 3.53. The van der Waals surface area contributed by atoms with E-state index in [1.54, 1.807) is 0 Å². The number of amidine groups is 1. The molecule has 2 unspecified atom stereocenters. The lowest BCUT2D eigenvalue weighted by atomic mass is 9.89. The number of fused-ring (bicyclic) bond motifs is 2. The van der Waals surface area contributed by atoms with E-state index >= 15 is 0 Å². The van der Waals surface area contributed by atoms with Crippen molar-refractivity contribution in [2.24, 2.45) is 4.99 Å². The third kappa shape index (κ3) is 4.22. The fourth-order valence-electron chi connectivity index (χ4n) is 7.73. The van der Waals surface area contributed by atoms with Gasteiger partial charge in [0, 0.05) is 11.3 Å². The molecule has 2 atom stereocenters. The van der Waals surface area contributed by atoms with Gasteiger partial charge in [-0.25, -0.2) is 0 Å². The molecule has 1 aliphatic heterocycles. The van der Waals surface area contributed by atoms with Gasteiger partial charge in [-0.15, -0.1) is 0 Å². The first-order valence-corrected chi connectivity index (χ1v) is 16.4. The van der Waals surface area contributed by atoms with E-state index in [0.29, 0.717) is 0 Å². The number of rotatable bonds is 4. The maximum atomic E-state index is 5.18. The molecule has 47 heavy (non-hydrogen) atoms. The molecule has 0 fully saturated rings. The monoisotopic (exact) mass is 598 g/mol. The van der Waals surface area contributed by atoms with Gasteiger partial charge in [-0.1, -0.05) is 127 Å². The molecule has 0 saturated heterocycles. The summed E-state index contributed by atoms with van der Waals surface area (Å²) in [5, 5.41) is 10.3. The first-order valence-electron chi connectivity index (χ1n) is 16.4. The molecule has 1 heterocycles. The summed E-state index contributed by atoms with van der Waals surface area (Å²) in [6.07, 6.45) is 8.71. The molecule has 0 spiro atoms. The van der Waals surface area contributed by atoms with E-state index in [0.717, 1.165) is 11.4 Å². The Bertz CT molecular complexity index is 2510. The van der Waals surface area contributed by atoms with E-state index in [1.165, 1.54) is 71.0 Å². The number of anilines is 1. The summed E-state index contributed by atoms with van der Waals surface area (Å²) in [4.78, 5) is 7.55. The molecule has 2 nitrogen and oxygen atoms in total. The van der Waals surface area contributed by atoms with Crippen molar-refractivity contribution >= 4 is 54.6 Å². The van der Waals surface area contributed by atoms with Crippen LogP contribution in [-0.4, -0.2) is 17.9 Å². The van der Waals surface area contributed by atoms with Gasteiger partial charge in [-0.2, -0.15) is 0 Å². The highest BCUT2D eigenvalue weighted by Gasteiger charge is 2.35. The molecule has 10 rings (SSSR count). The fourth-order valence-corrected chi connectivity index (χ4v) is 7.73. The van der Waals surface area contributed by atoms with Gasteiger partial charge in [0.25, 0.3) is 0 Å². The lowest BCUT2D eigenvalue weighted by Crippen LogP contribution is -2.39. The zero-order valence-corrected chi connectivity index (χ0v) is 25.7. The Balaban J connectivity index is 1.02. The van der Waals surface area contributed by atoms with Crippen molar-refractivity contribution < 1.29 is 0 Å². The van der Waals surface area contributed by atoms with Crippen LogP contribution in [0.5, 0.6) is 0 Å². The third-order valence-corrected chi connectivity index (χ3v) is 10.0. The molecule has 0 bridgehead atoms. The Kier molecular flexibility index (Phi) is 5.73. The summed E-state index contributed by atoms with van der Waals surface area (Å²) in [7, 11) is 0. The van der Waals surface area contributed by atoms with Gasteiger partial charge in [-0.3, -0.25) is 4.99 Å².